The van der Waals surface area contributed by atoms with Crippen LogP contribution in [0.15, 0.2) is 18.3 Å². The number of pyridine rings is 1. The highest BCUT2D eigenvalue weighted by molar-refractivity contribution is 7.12. The minimum absolute atomic E-state index is 0.273. The summed E-state index contributed by atoms with van der Waals surface area (Å²) in [5, 5.41) is 1.24. The molecule has 0 atom stereocenters. The lowest BCUT2D eigenvalue weighted by molar-refractivity contribution is 0.102. The molecule has 0 saturated heterocycles. The first-order valence-corrected chi connectivity index (χ1v) is 5.50. The molecule has 17 heavy (non-hydrogen) atoms. The van der Waals surface area contributed by atoms with Crippen molar-refractivity contribution in [3.05, 3.63) is 39.6 Å². The molecule has 0 bridgehead atoms. The van der Waals surface area contributed by atoms with Crippen molar-refractivity contribution in [2.24, 2.45) is 0 Å². The maximum atomic E-state index is 12.7. The molecule has 2 aromatic heterocycles. The summed E-state index contributed by atoms with van der Waals surface area (Å²) in [4.78, 5) is 18.4. The Kier molecular flexibility index (Phi) is 3.30. The number of nitrogens with zero attached hydrogens (tertiary/aromatic N) is 2. The number of anilines is 1. The quantitative estimate of drug-likeness (QED) is 0.858. The monoisotopic (exact) mass is 275 g/mol. The van der Waals surface area contributed by atoms with E-state index >= 15 is 0 Å². The molecular weight excluding hydrogens is 272 g/mol. The molecule has 0 aliphatic carbocycles. The van der Waals surface area contributed by atoms with Gasteiger partial charge in [-0.2, -0.15) is 13.8 Å². The van der Waals surface area contributed by atoms with Crippen molar-refractivity contribution in [1.82, 2.24) is 9.97 Å². The van der Waals surface area contributed by atoms with Gasteiger partial charge in [-0.15, -0.1) is 0 Å². The number of rotatable bonds is 2. The Morgan fingerprint density at radius 1 is 1.41 bits per heavy atom. The molecule has 0 radical (unpaired) electrons. The van der Waals surface area contributed by atoms with E-state index in [2.05, 4.69) is 15.3 Å². The van der Waals surface area contributed by atoms with Crippen LogP contribution in [0.2, 0.25) is 5.15 Å². The molecule has 0 aromatic carbocycles. The summed E-state index contributed by atoms with van der Waals surface area (Å²) in [5.41, 5.74) is 0.357. The van der Waals surface area contributed by atoms with Crippen molar-refractivity contribution >= 4 is 34.5 Å². The number of halogens is 3. The second-order valence-corrected chi connectivity index (χ2v) is 4.24. The second-order valence-electron chi connectivity index (χ2n) is 2.91. The smallest absolute Gasteiger partial charge is 0.284 e. The van der Waals surface area contributed by atoms with Crippen molar-refractivity contribution in [3.63, 3.8) is 0 Å². The maximum Gasteiger partial charge on any atom is 0.284 e. The molecule has 2 heterocycles. The summed E-state index contributed by atoms with van der Waals surface area (Å²) in [7, 11) is 0. The van der Waals surface area contributed by atoms with Crippen LogP contribution < -0.4 is 5.32 Å². The summed E-state index contributed by atoms with van der Waals surface area (Å²) < 4.78 is 25.3. The zero-order valence-electron chi connectivity index (χ0n) is 8.08. The number of hydrogen-bond acceptors (Lipinski definition) is 4. The number of hydrogen-bond donors (Lipinski definition) is 1. The number of nitrogens with one attached hydrogen (secondary N) is 1. The molecule has 0 unspecified atom stereocenters. The van der Waals surface area contributed by atoms with E-state index in [4.69, 9.17) is 11.6 Å². The fraction of sp³-hybridized carbons (Fsp3) is 0. The number of thiazole rings is 1. The molecule has 0 aliphatic heterocycles. The molecule has 0 saturated carbocycles. The summed E-state index contributed by atoms with van der Waals surface area (Å²) in [5.74, 6) is -1.99. The van der Waals surface area contributed by atoms with Gasteiger partial charge in [0.05, 0.1) is 11.9 Å². The van der Waals surface area contributed by atoms with Crippen LogP contribution in [0, 0.1) is 11.1 Å². The third-order valence-corrected chi connectivity index (χ3v) is 2.77. The van der Waals surface area contributed by atoms with Crippen LogP contribution in [0.3, 0.4) is 0 Å². The van der Waals surface area contributed by atoms with Gasteiger partial charge >= 0.3 is 0 Å². The maximum absolute atomic E-state index is 12.7. The van der Waals surface area contributed by atoms with Crippen LogP contribution in [0.4, 0.5) is 14.5 Å². The van der Waals surface area contributed by atoms with Gasteiger partial charge in [-0.05, 0) is 12.1 Å². The van der Waals surface area contributed by atoms with Gasteiger partial charge in [-0.25, -0.2) is 4.98 Å². The lowest BCUT2D eigenvalue weighted by Gasteiger charge is -2.01. The van der Waals surface area contributed by atoms with Gasteiger partial charge in [-0.1, -0.05) is 22.9 Å². The lowest BCUT2D eigenvalue weighted by atomic mass is 10.4. The van der Waals surface area contributed by atoms with Crippen LogP contribution in [0.1, 0.15) is 9.80 Å². The van der Waals surface area contributed by atoms with Crippen LogP contribution in [-0.2, 0) is 0 Å². The van der Waals surface area contributed by atoms with Crippen LogP contribution >= 0.6 is 22.9 Å². The lowest BCUT2D eigenvalue weighted by Crippen LogP contribution is -2.11. The summed E-state index contributed by atoms with van der Waals surface area (Å²) in [6.45, 7) is 0. The molecular formula is C9H4ClF2N3OS. The van der Waals surface area contributed by atoms with Gasteiger partial charge in [-0.3, -0.25) is 4.79 Å². The average molecular weight is 276 g/mol. The molecule has 4 nitrogen and oxygen atoms in total. The summed E-state index contributed by atoms with van der Waals surface area (Å²) >= 11 is 5.89. The van der Waals surface area contributed by atoms with E-state index in [-0.39, 0.29) is 10.2 Å². The molecule has 2 rings (SSSR count). The van der Waals surface area contributed by atoms with Crippen molar-refractivity contribution in [3.8, 4) is 0 Å². The van der Waals surface area contributed by atoms with Crippen LogP contribution in [-0.4, -0.2) is 15.9 Å². The Balaban J connectivity index is 2.14. The van der Waals surface area contributed by atoms with Crippen LogP contribution in [0.5, 0.6) is 0 Å². The van der Waals surface area contributed by atoms with E-state index < -0.39 is 17.0 Å². The largest absolute Gasteiger partial charge is 0.319 e. The highest BCUT2D eigenvalue weighted by Gasteiger charge is 2.16. The fourth-order valence-electron chi connectivity index (χ4n) is 1.01. The highest BCUT2D eigenvalue weighted by Crippen LogP contribution is 2.17. The predicted molar refractivity (Wildman–Crippen MR) is 59.2 cm³/mol. The van der Waals surface area contributed by atoms with E-state index in [0.29, 0.717) is 17.0 Å². The number of carbonyl (C=O) groups excluding carboxylic acids is 1. The molecule has 0 aliphatic rings. The number of aromatic nitrogens is 2. The average Bonchev–Trinajstić information content (AvgIpc) is 2.63. The Bertz CT molecular complexity index is 538. The van der Waals surface area contributed by atoms with Crippen molar-refractivity contribution < 1.29 is 13.6 Å². The third-order valence-electron chi connectivity index (χ3n) is 1.73. The predicted octanol–water partition coefficient (Wildman–Crippen LogP) is 2.72. The zero-order valence-corrected chi connectivity index (χ0v) is 9.65. The normalized spacial score (nSPS) is 10.3. The second kappa shape index (κ2) is 4.72. The first-order valence-electron chi connectivity index (χ1n) is 4.31. The number of amides is 1. The SMILES string of the molecule is O=C(Nc1ccc(Cl)nc1)c1nc(F)c(F)s1. The molecule has 2 aromatic rings. The van der Waals surface area contributed by atoms with Gasteiger partial charge in [0.2, 0.25) is 5.13 Å². The van der Waals surface area contributed by atoms with E-state index in [0.717, 1.165) is 0 Å². The van der Waals surface area contributed by atoms with Gasteiger partial charge in [0.1, 0.15) is 5.15 Å². The van der Waals surface area contributed by atoms with Gasteiger partial charge < -0.3 is 5.32 Å². The van der Waals surface area contributed by atoms with Crippen molar-refractivity contribution in [2.75, 3.05) is 5.32 Å². The van der Waals surface area contributed by atoms with Gasteiger partial charge in [0, 0.05) is 0 Å². The standard InChI is InChI=1S/C9H4ClF2N3OS/c10-5-2-1-4(3-13-5)14-8(16)9-15-6(11)7(12)17-9/h1-3H,(H,14,16). The minimum atomic E-state index is -1.28. The first-order chi connectivity index (χ1) is 8.06. The minimum Gasteiger partial charge on any atom is -0.319 e. The van der Waals surface area contributed by atoms with Gasteiger partial charge in [0.25, 0.3) is 11.9 Å². The Morgan fingerprint density at radius 2 is 2.18 bits per heavy atom. The van der Waals surface area contributed by atoms with Crippen molar-refractivity contribution in [1.29, 1.82) is 0 Å². The summed E-state index contributed by atoms with van der Waals surface area (Å²) in [6.07, 6.45) is 1.32. The van der Waals surface area contributed by atoms with Gasteiger partial charge in [0.15, 0.2) is 5.01 Å². The van der Waals surface area contributed by atoms with E-state index in [9.17, 15) is 13.6 Å². The van der Waals surface area contributed by atoms with Crippen molar-refractivity contribution in [2.45, 2.75) is 0 Å². The molecule has 1 N–H and O–H groups in total. The zero-order chi connectivity index (χ0) is 12.4. The van der Waals surface area contributed by atoms with E-state index in [1.54, 1.807) is 0 Å². The van der Waals surface area contributed by atoms with E-state index in [1.807, 2.05) is 0 Å². The molecule has 0 spiro atoms. The highest BCUT2D eigenvalue weighted by atomic mass is 35.5. The fourth-order valence-corrected chi connectivity index (χ4v) is 1.70. The number of carbonyl (C=O) groups is 1. The third kappa shape index (κ3) is 2.75. The van der Waals surface area contributed by atoms with Crippen LogP contribution in [0.25, 0.3) is 0 Å². The first kappa shape index (κ1) is 11.9. The Morgan fingerprint density at radius 3 is 2.71 bits per heavy atom. The topological polar surface area (TPSA) is 54.9 Å². The molecule has 88 valence electrons. The molecule has 1 amide bonds. The Hall–Kier alpha value is -1.60. The molecule has 8 heteroatoms. The summed E-state index contributed by atoms with van der Waals surface area (Å²) in [6, 6.07) is 2.98. The van der Waals surface area contributed by atoms with E-state index in [1.165, 1.54) is 18.3 Å². The molecule has 0 fully saturated rings. The Labute approximate surface area is 103 Å².